The molecule has 1 rings (SSSR count). The molecule has 0 aliphatic heterocycles. The average molecular weight is 227 g/mol. The summed E-state index contributed by atoms with van der Waals surface area (Å²) in [6.45, 7) is 6.78. The molecule has 0 aromatic carbocycles. The zero-order valence-corrected chi connectivity index (χ0v) is 11.4. The van der Waals surface area contributed by atoms with Crippen molar-refractivity contribution in [1.82, 2.24) is 4.90 Å². The first-order valence-electron chi connectivity index (χ1n) is 7.01. The number of aliphatic hydroxyl groups is 1. The molecule has 1 aliphatic rings. The van der Waals surface area contributed by atoms with Crippen LogP contribution in [0.25, 0.3) is 0 Å². The van der Waals surface area contributed by atoms with E-state index in [9.17, 15) is 5.11 Å². The lowest BCUT2D eigenvalue weighted by molar-refractivity contribution is -0.0277. The molecule has 2 nitrogen and oxygen atoms in total. The molecular weight excluding hydrogens is 198 g/mol. The number of hydrogen-bond acceptors (Lipinski definition) is 2. The van der Waals surface area contributed by atoms with E-state index in [0.717, 1.165) is 24.7 Å². The maximum absolute atomic E-state index is 10.1. The largest absolute Gasteiger partial charge is 0.378 e. The van der Waals surface area contributed by atoms with Gasteiger partial charge in [-0.3, -0.25) is 4.90 Å². The van der Waals surface area contributed by atoms with Gasteiger partial charge in [0.25, 0.3) is 0 Å². The zero-order chi connectivity index (χ0) is 12.1. The van der Waals surface area contributed by atoms with Gasteiger partial charge in [0, 0.05) is 6.04 Å². The van der Waals surface area contributed by atoms with Crippen molar-refractivity contribution < 1.29 is 5.11 Å². The number of aliphatic hydroxyl groups excluding tert-OH is 1. The van der Waals surface area contributed by atoms with Crippen LogP contribution in [0, 0.1) is 11.8 Å². The molecule has 4 atom stereocenters. The smallest absolute Gasteiger partial charge is 0.107 e. The van der Waals surface area contributed by atoms with Crippen molar-refractivity contribution in [2.75, 3.05) is 7.05 Å². The van der Waals surface area contributed by atoms with E-state index in [0.29, 0.717) is 6.04 Å². The van der Waals surface area contributed by atoms with Crippen LogP contribution < -0.4 is 0 Å². The Bertz CT molecular complexity index is 195. The van der Waals surface area contributed by atoms with Gasteiger partial charge in [-0.25, -0.2) is 0 Å². The fraction of sp³-hybridized carbons (Fsp3) is 1.00. The van der Waals surface area contributed by atoms with E-state index in [2.05, 4.69) is 32.7 Å². The van der Waals surface area contributed by atoms with Crippen molar-refractivity contribution in [3.8, 4) is 0 Å². The van der Waals surface area contributed by atoms with E-state index in [1.807, 2.05) is 0 Å². The SMILES string of the molecule is CCCC(O)N(C)C1CCCC1C(C)CC. The fourth-order valence-electron chi connectivity index (χ4n) is 3.12. The molecule has 4 unspecified atom stereocenters. The van der Waals surface area contributed by atoms with Gasteiger partial charge in [-0.2, -0.15) is 0 Å². The van der Waals surface area contributed by atoms with Crippen LogP contribution in [0.2, 0.25) is 0 Å². The summed E-state index contributed by atoms with van der Waals surface area (Å²) in [6.07, 6.45) is 6.95. The minimum Gasteiger partial charge on any atom is -0.378 e. The van der Waals surface area contributed by atoms with Crippen LogP contribution >= 0.6 is 0 Å². The lowest BCUT2D eigenvalue weighted by atomic mass is 9.87. The average Bonchev–Trinajstić information content (AvgIpc) is 2.76. The second kappa shape index (κ2) is 6.61. The fourth-order valence-corrected chi connectivity index (χ4v) is 3.12. The second-order valence-electron chi connectivity index (χ2n) is 5.48. The molecule has 0 amide bonds. The molecule has 0 radical (unpaired) electrons. The van der Waals surface area contributed by atoms with Gasteiger partial charge in [0.05, 0.1) is 0 Å². The molecule has 16 heavy (non-hydrogen) atoms. The minimum absolute atomic E-state index is 0.236. The first kappa shape index (κ1) is 14.0. The van der Waals surface area contributed by atoms with E-state index in [-0.39, 0.29) is 6.23 Å². The van der Waals surface area contributed by atoms with Gasteiger partial charge in [-0.15, -0.1) is 0 Å². The summed E-state index contributed by atoms with van der Waals surface area (Å²) >= 11 is 0. The Hall–Kier alpha value is -0.0800. The lowest BCUT2D eigenvalue weighted by Crippen LogP contribution is -2.43. The third kappa shape index (κ3) is 3.21. The number of rotatable bonds is 6. The van der Waals surface area contributed by atoms with Crippen LogP contribution in [-0.4, -0.2) is 29.3 Å². The van der Waals surface area contributed by atoms with Crippen molar-refractivity contribution in [1.29, 1.82) is 0 Å². The summed E-state index contributed by atoms with van der Waals surface area (Å²) in [5.74, 6) is 1.59. The maximum atomic E-state index is 10.1. The molecule has 1 aliphatic carbocycles. The van der Waals surface area contributed by atoms with Crippen LogP contribution in [0.1, 0.15) is 59.3 Å². The quantitative estimate of drug-likeness (QED) is 0.704. The van der Waals surface area contributed by atoms with Gasteiger partial charge in [0.1, 0.15) is 6.23 Å². The van der Waals surface area contributed by atoms with Crippen molar-refractivity contribution in [2.45, 2.75) is 71.6 Å². The van der Waals surface area contributed by atoms with E-state index < -0.39 is 0 Å². The Kier molecular flexibility index (Phi) is 5.77. The molecule has 0 saturated heterocycles. The van der Waals surface area contributed by atoms with Crippen molar-refractivity contribution in [3.05, 3.63) is 0 Å². The molecule has 2 heteroatoms. The van der Waals surface area contributed by atoms with Gasteiger partial charge < -0.3 is 5.11 Å². The van der Waals surface area contributed by atoms with Crippen molar-refractivity contribution >= 4 is 0 Å². The van der Waals surface area contributed by atoms with Crippen molar-refractivity contribution in [3.63, 3.8) is 0 Å². The summed E-state index contributed by atoms with van der Waals surface area (Å²) < 4.78 is 0. The predicted molar refractivity (Wildman–Crippen MR) is 69.3 cm³/mol. The van der Waals surface area contributed by atoms with Crippen LogP contribution in [0.4, 0.5) is 0 Å². The number of nitrogens with zero attached hydrogens (tertiary/aromatic N) is 1. The molecule has 0 aromatic heterocycles. The summed E-state index contributed by atoms with van der Waals surface area (Å²) in [5, 5.41) is 10.1. The van der Waals surface area contributed by atoms with Crippen LogP contribution in [0.15, 0.2) is 0 Å². The highest BCUT2D eigenvalue weighted by Crippen LogP contribution is 2.36. The molecule has 0 heterocycles. The molecule has 0 bridgehead atoms. The van der Waals surface area contributed by atoms with Crippen LogP contribution in [0.5, 0.6) is 0 Å². The Morgan fingerprint density at radius 1 is 1.31 bits per heavy atom. The maximum Gasteiger partial charge on any atom is 0.107 e. The Morgan fingerprint density at radius 2 is 2.00 bits per heavy atom. The van der Waals surface area contributed by atoms with Gasteiger partial charge in [-0.1, -0.05) is 40.0 Å². The molecular formula is C14H29NO. The summed E-state index contributed by atoms with van der Waals surface area (Å²) in [5.41, 5.74) is 0. The monoisotopic (exact) mass is 227 g/mol. The Balaban J connectivity index is 2.56. The van der Waals surface area contributed by atoms with Crippen LogP contribution in [0.3, 0.4) is 0 Å². The minimum atomic E-state index is -0.236. The molecule has 1 fully saturated rings. The van der Waals surface area contributed by atoms with Gasteiger partial charge in [0.2, 0.25) is 0 Å². The highest BCUT2D eigenvalue weighted by atomic mass is 16.3. The summed E-state index contributed by atoms with van der Waals surface area (Å²) in [7, 11) is 2.10. The van der Waals surface area contributed by atoms with Gasteiger partial charge >= 0.3 is 0 Å². The van der Waals surface area contributed by atoms with E-state index in [1.54, 1.807) is 0 Å². The number of hydrogen-bond donors (Lipinski definition) is 1. The van der Waals surface area contributed by atoms with Gasteiger partial charge in [0.15, 0.2) is 0 Å². The predicted octanol–water partition coefficient (Wildman–Crippen LogP) is 3.25. The highest BCUT2D eigenvalue weighted by molar-refractivity contribution is 4.87. The standard InChI is InChI=1S/C14H29NO/c1-5-8-14(16)15(4)13-10-7-9-12(13)11(3)6-2/h11-14,16H,5-10H2,1-4H3. The first-order chi connectivity index (χ1) is 7.61. The topological polar surface area (TPSA) is 23.5 Å². The lowest BCUT2D eigenvalue weighted by Gasteiger charge is -2.35. The first-order valence-corrected chi connectivity index (χ1v) is 7.01. The second-order valence-corrected chi connectivity index (χ2v) is 5.48. The van der Waals surface area contributed by atoms with E-state index in [4.69, 9.17) is 0 Å². The van der Waals surface area contributed by atoms with Crippen molar-refractivity contribution in [2.24, 2.45) is 11.8 Å². The Morgan fingerprint density at radius 3 is 2.56 bits per heavy atom. The molecule has 1 saturated carbocycles. The summed E-state index contributed by atoms with van der Waals surface area (Å²) in [6, 6.07) is 0.608. The van der Waals surface area contributed by atoms with Crippen LogP contribution in [-0.2, 0) is 0 Å². The van der Waals surface area contributed by atoms with E-state index >= 15 is 0 Å². The normalized spacial score (nSPS) is 29.6. The van der Waals surface area contributed by atoms with E-state index in [1.165, 1.54) is 25.7 Å². The molecule has 1 N–H and O–H groups in total. The zero-order valence-electron chi connectivity index (χ0n) is 11.4. The summed E-state index contributed by atoms with van der Waals surface area (Å²) in [4.78, 5) is 2.23. The Labute approximate surface area is 101 Å². The van der Waals surface area contributed by atoms with Gasteiger partial charge in [-0.05, 0) is 38.1 Å². The highest BCUT2D eigenvalue weighted by Gasteiger charge is 2.35. The molecule has 0 spiro atoms. The molecule has 0 aromatic rings. The molecule has 96 valence electrons. The third-order valence-electron chi connectivity index (χ3n) is 4.45. The third-order valence-corrected chi connectivity index (χ3v) is 4.45.